The van der Waals surface area contributed by atoms with E-state index in [1.807, 2.05) is 35.6 Å². The van der Waals surface area contributed by atoms with Crippen LogP contribution in [0.1, 0.15) is 23.7 Å². The van der Waals surface area contributed by atoms with Gasteiger partial charge in [0.2, 0.25) is 0 Å². The number of carbonyl (C=O) groups is 1. The number of hydrogen-bond acceptors (Lipinski definition) is 4. The maximum Gasteiger partial charge on any atom is 0.471 e. The highest BCUT2D eigenvalue weighted by atomic mass is 35.5. The number of alkyl halides is 3. The van der Waals surface area contributed by atoms with Crippen LogP contribution in [0.15, 0.2) is 66.5 Å². The van der Waals surface area contributed by atoms with Crippen molar-refractivity contribution in [1.82, 2.24) is 15.3 Å². The molecule has 3 rings (SSSR count). The molecule has 1 aliphatic carbocycles. The number of ether oxygens (including phenoxy) is 1. The third-order valence-electron chi connectivity index (χ3n) is 4.18. The normalized spacial score (nSPS) is 17.5. The molecule has 0 bridgehead atoms. The van der Waals surface area contributed by atoms with Crippen molar-refractivity contribution in [1.29, 1.82) is 0 Å². The van der Waals surface area contributed by atoms with Crippen molar-refractivity contribution < 1.29 is 22.7 Å². The maximum absolute atomic E-state index is 12.8. The van der Waals surface area contributed by atoms with Crippen molar-refractivity contribution in [2.24, 2.45) is 0 Å². The van der Waals surface area contributed by atoms with Crippen molar-refractivity contribution >= 4 is 17.5 Å². The molecular formula is C20H17ClF3N3O2. The summed E-state index contributed by atoms with van der Waals surface area (Å²) in [6.07, 6.45) is 2.78. The second kappa shape index (κ2) is 9.19. The van der Waals surface area contributed by atoms with E-state index < -0.39 is 18.1 Å². The van der Waals surface area contributed by atoms with Gasteiger partial charge in [0.1, 0.15) is 5.69 Å². The summed E-state index contributed by atoms with van der Waals surface area (Å²) >= 11 is 6.02. The Hall–Kier alpha value is -2.71. The number of aromatic nitrogens is 2. The Balaban J connectivity index is 1.83. The van der Waals surface area contributed by atoms with Gasteiger partial charge in [0.15, 0.2) is 5.15 Å². The third-order valence-corrected chi connectivity index (χ3v) is 4.47. The topological polar surface area (TPSA) is 64.1 Å². The summed E-state index contributed by atoms with van der Waals surface area (Å²) in [5.41, 5.74) is 1.37. The summed E-state index contributed by atoms with van der Waals surface area (Å²) in [4.78, 5) is 19.4. The van der Waals surface area contributed by atoms with E-state index in [9.17, 15) is 18.0 Å². The summed E-state index contributed by atoms with van der Waals surface area (Å²) in [6, 6.07) is 8.27. The quantitative estimate of drug-likeness (QED) is 0.751. The molecule has 152 valence electrons. The van der Waals surface area contributed by atoms with Gasteiger partial charge in [-0.2, -0.15) is 13.2 Å². The van der Waals surface area contributed by atoms with Crippen LogP contribution in [0.3, 0.4) is 0 Å². The van der Waals surface area contributed by atoms with Crippen molar-refractivity contribution in [3.63, 3.8) is 0 Å². The van der Waals surface area contributed by atoms with E-state index in [0.29, 0.717) is 18.6 Å². The standard InChI is InChI=1S/C20H17ClF3N3O2/c21-18-17(25-9-10-26-18)16(27-19(28)20(22,23)24)14-7-4-8-15(11-14)29-12-13-5-2-1-3-6-13/h1-7,9-11,15-16H,8,12H2,(H,27,28). The van der Waals surface area contributed by atoms with Crippen molar-refractivity contribution in [3.05, 3.63) is 82.9 Å². The zero-order valence-corrected chi connectivity index (χ0v) is 15.8. The molecule has 2 unspecified atom stereocenters. The molecular weight excluding hydrogens is 407 g/mol. The molecule has 0 aliphatic heterocycles. The molecule has 1 aromatic heterocycles. The molecule has 9 heteroatoms. The SMILES string of the molecule is O=C(NC(C1=CC(OCc2ccccc2)CC=C1)c1nccnc1Cl)C(F)(F)F. The van der Waals surface area contributed by atoms with Gasteiger partial charge in [-0.05, 0) is 23.6 Å². The summed E-state index contributed by atoms with van der Waals surface area (Å²) in [5.74, 6) is -2.09. The predicted molar refractivity (Wildman–Crippen MR) is 101 cm³/mol. The Labute approximate surface area is 170 Å². The summed E-state index contributed by atoms with van der Waals surface area (Å²) in [6.45, 7) is 0.342. The van der Waals surface area contributed by atoms with E-state index >= 15 is 0 Å². The highest BCUT2D eigenvalue weighted by molar-refractivity contribution is 6.30. The number of benzene rings is 1. The number of nitrogens with one attached hydrogen (secondary N) is 1. The molecule has 1 aromatic carbocycles. The van der Waals surface area contributed by atoms with Gasteiger partial charge in [0.25, 0.3) is 0 Å². The Morgan fingerprint density at radius 2 is 1.97 bits per heavy atom. The lowest BCUT2D eigenvalue weighted by Gasteiger charge is -2.25. The van der Waals surface area contributed by atoms with Crippen LogP contribution in [0.2, 0.25) is 5.15 Å². The number of rotatable bonds is 6. The van der Waals surface area contributed by atoms with E-state index in [1.54, 1.807) is 18.2 Å². The van der Waals surface area contributed by atoms with Crippen LogP contribution in [0.25, 0.3) is 0 Å². The Bertz CT molecular complexity index is 917. The second-order valence-electron chi connectivity index (χ2n) is 6.28. The number of nitrogens with zero attached hydrogens (tertiary/aromatic N) is 2. The first-order valence-corrected chi connectivity index (χ1v) is 9.10. The Kier molecular flexibility index (Phi) is 6.66. The molecule has 2 aromatic rings. The molecule has 0 fully saturated rings. The first-order valence-electron chi connectivity index (χ1n) is 8.72. The lowest BCUT2D eigenvalue weighted by atomic mass is 9.96. The van der Waals surface area contributed by atoms with Gasteiger partial charge in [0, 0.05) is 12.4 Å². The van der Waals surface area contributed by atoms with Gasteiger partial charge in [-0.1, -0.05) is 54.1 Å². The largest absolute Gasteiger partial charge is 0.471 e. The third kappa shape index (κ3) is 5.65. The van der Waals surface area contributed by atoms with Crippen LogP contribution in [-0.2, 0) is 16.1 Å². The molecule has 1 amide bonds. The molecule has 0 saturated heterocycles. The highest BCUT2D eigenvalue weighted by Gasteiger charge is 2.41. The lowest BCUT2D eigenvalue weighted by Crippen LogP contribution is -2.40. The molecule has 5 nitrogen and oxygen atoms in total. The lowest BCUT2D eigenvalue weighted by molar-refractivity contribution is -0.174. The van der Waals surface area contributed by atoms with Crippen LogP contribution in [0, 0.1) is 0 Å². The smallest absolute Gasteiger partial charge is 0.369 e. The molecule has 0 saturated carbocycles. The van der Waals surface area contributed by atoms with Gasteiger partial charge >= 0.3 is 12.1 Å². The molecule has 2 atom stereocenters. The van der Waals surface area contributed by atoms with Gasteiger partial charge in [-0.15, -0.1) is 0 Å². The van der Waals surface area contributed by atoms with Gasteiger partial charge in [0.05, 0.1) is 18.8 Å². The molecule has 0 spiro atoms. The summed E-state index contributed by atoms with van der Waals surface area (Å²) in [7, 11) is 0. The number of amides is 1. The summed E-state index contributed by atoms with van der Waals surface area (Å²) in [5, 5.41) is 1.86. The molecule has 0 radical (unpaired) electrons. The predicted octanol–water partition coefficient (Wildman–Crippen LogP) is 4.32. The van der Waals surface area contributed by atoms with Gasteiger partial charge in [-0.25, -0.2) is 4.98 Å². The van der Waals surface area contributed by atoms with Crippen LogP contribution < -0.4 is 5.32 Å². The van der Waals surface area contributed by atoms with Crippen molar-refractivity contribution in [2.75, 3.05) is 0 Å². The summed E-state index contributed by atoms with van der Waals surface area (Å²) < 4.78 is 44.4. The van der Waals surface area contributed by atoms with Crippen molar-refractivity contribution in [2.45, 2.75) is 31.3 Å². The van der Waals surface area contributed by atoms with Crippen molar-refractivity contribution in [3.8, 4) is 0 Å². The fraction of sp³-hybridized carbons (Fsp3) is 0.250. The Morgan fingerprint density at radius 1 is 1.24 bits per heavy atom. The van der Waals surface area contributed by atoms with E-state index in [-0.39, 0.29) is 17.0 Å². The number of hydrogen-bond donors (Lipinski definition) is 1. The molecule has 29 heavy (non-hydrogen) atoms. The monoisotopic (exact) mass is 423 g/mol. The van der Waals surface area contributed by atoms with Crippen LogP contribution in [0.5, 0.6) is 0 Å². The van der Waals surface area contributed by atoms with E-state index in [1.165, 1.54) is 12.4 Å². The van der Waals surface area contributed by atoms with Gasteiger partial charge in [-0.3, -0.25) is 9.78 Å². The minimum atomic E-state index is -5.05. The average Bonchev–Trinajstić information content (AvgIpc) is 2.71. The minimum absolute atomic E-state index is 0.0198. The molecule has 1 N–H and O–H groups in total. The molecule has 1 heterocycles. The zero-order chi connectivity index (χ0) is 20.9. The maximum atomic E-state index is 12.8. The Morgan fingerprint density at radius 3 is 2.66 bits per heavy atom. The second-order valence-corrected chi connectivity index (χ2v) is 6.63. The first-order chi connectivity index (χ1) is 13.8. The van der Waals surface area contributed by atoms with Crippen LogP contribution >= 0.6 is 11.6 Å². The zero-order valence-electron chi connectivity index (χ0n) is 15.1. The fourth-order valence-electron chi connectivity index (χ4n) is 2.81. The first kappa shape index (κ1) is 21.0. The van der Waals surface area contributed by atoms with E-state index in [4.69, 9.17) is 16.3 Å². The van der Waals surface area contributed by atoms with Gasteiger partial charge < -0.3 is 10.1 Å². The van der Waals surface area contributed by atoms with Crippen LogP contribution in [-0.4, -0.2) is 28.2 Å². The van der Waals surface area contributed by atoms with E-state index in [0.717, 1.165) is 5.56 Å². The number of carbonyl (C=O) groups excluding carboxylic acids is 1. The van der Waals surface area contributed by atoms with E-state index in [2.05, 4.69) is 9.97 Å². The average molecular weight is 424 g/mol. The molecule has 1 aliphatic rings. The number of halogens is 4. The van der Waals surface area contributed by atoms with Crippen LogP contribution in [0.4, 0.5) is 13.2 Å². The fourth-order valence-corrected chi connectivity index (χ4v) is 3.02. The minimum Gasteiger partial charge on any atom is -0.369 e. The highest BCUT2D eigenvalue weighted by Crippen LogP contribution is 2.30.